The predicted molar refractivity (Wildman–Crippen MR) is 113 cm³/mol. The number of halogens is 1. The molecule has 1 fully saturated rings. The van der Waals surface area contributed by atoms with E-state index >= 15 is 0 Å². The van der Waals surface area contributed by atoms with Gasteiger partial charge in [0.1, 0.15) is 5.75 Å². The fourth-order valence-electron chi connectivity index (χ4n) is 3.19. The zero-order chi connectivity index (χ0) is 21.0. The summed E-state index contributed by atoms with van der Waals surface area (Å²) in [6, 6.07) is 11.8. The zero-order valence-corrected chi connectivity index (χ0v) is 18.0. The van der Waals surface area contributed by atoms with E-state index in [9.17, 15) is 13.2 Å². The van der Waals surface area contributed by atoms with Crippen molar-refractivity contribution in [3.63, 3.8) is 0 Å². The minimum atomic E-state index is -3.50. The van der Waals surface area contributed by atoms with E-state index in [4.69, 9.17) is 16.3 Å². The molecule has 0 atom stereocenters. The van der Waals surface area contributed by atoms with Gasteiger partial charge in [-0.25, -0.2) is 8.42 Å². The highest BCUT2D eigenvalue weighted by molar-refractivity contribution is 7.89. The van der Waals surface area contributed by atoms with Crippen LogP contribution in [0.4, 0.5) is 5.69 Å². The van der Waals surface area contributed by atoms with Crippen LogP contribution in [0, 0.1) is 6.92 Å². The summed E-state index contributed by atoms with van der Waals surface area (Å²) in [5, 5.41) is 3.41. The first-order valence-electron chi connectivity index (χ1n) is 9.23. The molecule has 1 aliphatic rings. The number of ether oxygens (including phenoxy) is 1. The van der Waals surface area contributed by atoms with Crippen LogP contribution >= 0.6 is 11.6 Å². The van der Waals surface area contributed by atoms with Crippen LogP contribution < -0.4 is 10.1 Å². The molecule has 7 nitrogen and oxygen atoms in total. The molecule has 1 aliphatic heterocycles. The van der Waals surface area contributed by atoms with E-state index < -0.39 is 10.0 Å². The van der Waals surface area contributed by atoms with Gasteiger partial charge in [0.15, 0.2) is 0 Å². The number of piperazine rings is 1. The first kappa shape index (κ1) is 21.6. The lowest BCUT2D eigenvalue weighted by Crippen LogP contribution is -2.50. The van der Waals surface area contributed by atoms with Gasteiger partial charge in [-0.3, -0.25) is 9.69 Å². The van der Waals surface area contributed by atoms with Crippen molar-refractivity contribution in [3.05, 3.63) is 53.1 Å². The summed E-state index contributed by atoms with van der Waals surface area (Å²) in [6.45, 7) is 3.67. The predicted octanol–water partition coefficient (Wildman–Crippen LogP) is 2.60. The van der Waals surface area contributed by atoms with Gasteiger partial charge in [-0.1, -0.05) is 29.8 Å². The monoisotopic (exact) mass is 437 g/mol. The lowest BCUT2D eigenvalue weighted by atomic mass is 10.2. The second-order valence-corrected chi connectivity index (χ2v) is 9.19. The molecular formula is C20H24ClN3O4S. The Balaban J connectivity index is 1.57. The van der Waals surface area contributed by atoms with Gasteiger partial charge >= 0.3 is 0 Å². The summed E-state index contributed by atoms with van der Waals surface area (Å²) in [7, 11) is -1.99. The number of methoxy groups -OCH3 is 1. The number of benzene rings is 2. The third-order valence-electron chi connectivity index (χ3n) is 4.83. The normalized spacial score (nSPS) is 15.8. The summed E-state index contributed by atoms with van der Waals surface area (Å²) >= 11 is 6.10. The smallest absolute Gasteiger partial charge is 0.243 e. The minimum Gasteiger partial charge on any atom is -0.495 e. The Kier molecular flexibility index (Phi) is 6.79. The minimum absolute atomic E-state index is 0.171. The van der Waals surface area contributed by atoms with E-state index in [1.165, 1.54) is 11.4 Å². The third-order valence-corrected chi connectivity index (χ3v) is 7.15. The Morgan fingerprint density at radius 2 is 1.79 bits per heavy atom. The fraction of sp³-hybridized carbons (Fsp3) is 0.350. The van der Waals surface area contributed by atoms with Gasteiger partial charge in [-0.05, 0) is 30.7 Å². The van der Waals surface area contributed by atoms with Gasteiger partial charge < -0.3 is 10.1 Å². The molecule has 2 aromatic rings. The van der Waals surface area contributed by atoms with Crippen LogP contribution in [-0.4, -0.2) is 63.4 Å². The van der Waals surface area contributed by atoms with Crippen molar-refractivity contribution in [1.82, 2.24) is 9.21 Å². The Morgan fingerprint density at radius 1 is 1.14 bits per heavy atom. The molecular weight excluding hydrogens is 414 g/mol. The van der Waals surface area contributed by atoms with Crippen LogP contribution in [0.25, 0.3) is 0 Å². The number of carbonyl (C=O) groups is 1. The molecule has 156 valence electrons. The number of nitrogens with zero attached hydrogens (tertiary/aromatic N) is 2. The van der Waals surface area contributed by atoms with Crippen molar-refractivity contribution >= 4 is 33.2 Å². The maximum absolute atomic E-state index is 12.7. The van der Waals surface area contributed by atoms with Crippen molar-refractivity contribution in [2.24, 2.45) is 0 Å². The molecule has 0 bridgehead atoms. The van der Waals surface area contributed by atoms with Gasteiger partial charge in [0, 0.05) is 37.3 Å². The topological polar surface area (TPSA) is 79.0 Å². The molecule has 1 amide bonds. The van der Waals surface area contributed by atoms with Crippen LogP contribution in [0.15, 0.2) is 47.4 Å². The van der Waals surface area contributed by atoms with Crippen molar-refractivity contribution < 1.29 is 17.9 Å². The largest absolute Gasteiger partial charge is 0.495 e. The molecule has 0 aliphatic carbocycles. The van der Waals surface area contributed by atoms with E-state index in [-0.39, 0.29) is 17.3 Å². The lowest BCUT2D eigenvalue weighted by Gasteiger charge is -2.33. The van der Waals surface area contributed by atoms with Gasteiger partial charge in [-0.2, -0.15) is 4.31 Å². The van der Waals surface area contributed by atoms with Crippen LogP contribution in [0.1, 0.15) is 5.56 Å². The first-order valence-corrected chi connectivity index (χ1v) is 11.0. The third kappa shape index (κ3) is 5.08. The number of aryl methyl sites for hydroxylation is 1. The van der Waals surface area contributed by atoms with Gasteiger partial charge in [0.05, 0.1) is 24.2 Å². The molecule has 29 heavy (non-hydrogen) atoms. The van der Waals surface area contributed by atoms with Crippen LogP contribution in [0.5, 0.6) is 5.75 Å². The van der Waals surface area contributed by atoms with E-state index in [1.807, 2.05) is 11.8 Å². The average Bonchev–Trinajstić information content (AvgIpc) is 2.71. The number of anilines is 1. The van der Waals surface area contributed by atoms with E-state index in [2.05, 4.69) is 5.32 Å². The van der Waals surface area contributed by atoms with E-state index in [0.29, 0.717) is 42.6 Å². The van der Waals surface area contributed by atoms with Crippen LogP contribution in [0.3, 0.4) is 0 Å². The summed E-state index contributed by atoms with van der Waals surface area (Å²) in [6.07, 6.45) is 0. The second-order valence-electron chi connectivity index (χ2n) is 6.84. The molecule has 0 saturated carbocycles. The molecule has 9 heteroatoms. The molecule has 0 aromatic heterocycles. The fourth-order valence-corrected chi connectivity index (χ4v) is 4.79. The number of amides is 1. The first-order chi connectivity index (χ1) is 13.8. The number of sulfonamides is 1. The molecule has 0 radical (unpaired) electrons. The number of nitrogens with one attached hydrogen (secondary N) is 1. The highest BCUT2D eigenvalue weighted by Gasteiger charge is 2.29. The SMILES string of the molecule is COc1cc(Cl)c(C)cc1NC(=O)CN1CCN(S(=O)(=O)c2ccccc2)CC1. The van der Waals surface area contributed by atoms with Crippen molar-refractivity contribution in [2.45, 2.75) is 11.8 Å². The van der Waals surface area contributed by atoms with Crippen LogP contribution in [0.2, 0.25) is 5.02 Å². The molecule has 0 unspecified atom stereocenters. The van der Waals surface area contributed by atoms with Crippen LogP contribution in [-0.2, 0) is 14.8 Å². The molecule has 0 spiro atoms. The maximum atomic E-state index is 12.7. The molecule has 3 rings (SSSR count). The summed E-state index contributed by atoms with van der Waals surface area (Å²) in [5.41, 5.74) is 1.40. The molecule has 1 N–H and O–H groups in total. The highest BCUT2D eigenvalue weighted by atomic mass is 35.5. The summed E-state index contributed by atoms with van der Waals surface area (Å²) in [5.74, 6) is 0.303. The van der Waals surface area contributed by atoms with Gasteiger partial charge in [0.2, 0.25) is 15.9 Å². The number of hydrogen-bond acceptors (Lipinski definition) is 5. The Hall–Kier alpha value is -2.13. The lowest BCUT2D eigenvalue weighted by molar-refractivity contribution is -0.117. The quantitative estimate of drug-likeness (QED) is 0.751. The maximum Gasteiger partial charge on any atom is 0.243 e. The van der Waals surface area contributed by atoms with Crippen molar-refractivity contribution in [3.8, 4) is 5.75 Å². The van der Waals surface area contributed by atoms with Gasteiger partial charge in [-0.15, -0.1) is 0 Å². The number of hydrogen-bond donors (Lipinski definition) is 1. The van der Waals surface area contributed by atoms with E-state index in [1.54, 1.807) is 42.5 Å². The molecule has 2 aromatic carbocycles. The van der Waals surface area contributed by atoms with Crippen molar-refractivity contribution in [1.29, 1.82) is 0 Å². The molecule has 1 heterocycles. The zero-order valence-electron chi connectivity index (χ0n) is 16.4. The highest BCUT2D eigenvalue weighted by Crippen LogP contribution is 2.31. The summed E-state index contributed by atoms with van der Waals surface area (Å²) in [4.78, 5) is 14.7. The van der Waals surface area contributed by atoms with E-state index in [0.717, 1.165) is 5.56 Å². The Bertz CT molecular complexity index is 975. The van der Waals surface area contributed by atoms with Crippen molar-refractivity contribution in [2.75, 3.05) is 45.2 Å². The average molecular weight is 438 g/mol. The Morgan fingerprint density at radius 3 is 2.41 bits per heavy atom. The number of carbonyl (C=O) groups excluding carboxylic acids is 1. The number of rotatable bonds is 6. The Labute approximate surface area is 176 Å². The van der Waals surface area contributed by atoms with Gasteiger partial charge in [0.25, 0.3) is 0 Å². The standard InChI is InChI=1S/C20H24ClN3O4S/c1-15-12-18(19(28-2)13-17(15)21)22-20(25)14-23-8-10-24(11-9-23)29(26,27)16-6-4-3-5-7-16/h3-7,12-13H,8-11,14H2,1-2H3,(H,22,25). The second kappa shape index (κ2) is 9.13. The molecule has 1 saturated heterocycles. The summed E-state index contributed by atoms with van der Waals surface area (Å²) < 4.78 is 32.1.